The van der Waals surface area contributed by atoms with E-state index < -0.39 is 17.9 Å². The summed E-state index contributed by atoms with van der Waals surface area (Å²) in [5.41, 5.74) is 0. The molecule has 0 saturated heterocycles. The fourth-order valence-electron chi connectivity index (χ4n) is 0.273. The Morgan fingerprint density at radius 2 is 1.90 bits per heavy atom. The van der Waals surface area contributed by atoms with Crippen molar-refractivity contribution < 1.29 is 70.8 Å². The standard InChI is InChI=1S/C5H8O4.K/c1-3(4(6)7)5(8)9-2;/h3H,1-2H3,(H,6,7);/q;+1/p-1. The fraction of sp³-hybridized carbons (Fsp3) is 0.600. The van der Waals surface area contributed by atoms with Gasteiger partial charge in [0.05, 0.1) is 19.0 Å². The topological polar surface area (TPSA) is 66.4 Å². The first-order valence-electron chi connectivity index (χ1n) is 2.38. The molecule has 52 valence electrons. The van der Waals surface area contributed by atoms with Crippen LogP contribution in [0.5, 0.6) is 0 Å². The molecule has 0 aliphatic carbocycles. The van der Waals surface area contributed by atoms with Gasteiger partial charge in [-0.3, -0.25) is 4.79 Å². The average Bonchev–Trinajstić information content (AvgIpc) is 1.84. The predicted octanol–water partition coefficient (Wildman–Crippen LogP) is -4.45. The van der Waals surface area contributed by atoms with Gasteiger partial charge in [-0.2, -0.15) is 0 Å². The summed E-state index contributed by atoms with van der Waals surface area (Å²) in [6, 6.07) is 0. The Morgan fingerprint density at radius 3 is 2.00 bits per heavy atom. The van der Waals surface area contributed by atoms with Gasteiger partial charge in [-0.15, -0.1) is 0 Å². The molecule has 0 aromatic carbocycles. The summed E-state index contributed by atoms with van der Waals surface area (Å²) in [5.74, 6) is -3.37. The number of carbonyl (C=O) groups is 2. The summed E-state index contributed by atoms with van der Waals surface area (Å²) in [4.78, 5) is 20.2. The summed E-state index contributed by atoms with van der Waals surface area (Å²) in [6.45, 7) is 1.21. The van der Waals surface area contributed by atoms with E-state index >= 15 is 0 Å². The van der Waals surface area contributed by atoms with Crippen molar-refractivity contribution >= 4 is 11.9 Å². The van der Waals surface area contributed by atoms with Crippen molar-refractivity contribution in [3.05, 3.63) is 0 Å². The molecule has 0 fully saturated rings. The normalized spacial score (nSPS) is 11.0. The number of ether oxygens (including phenoxy) is 1. The molecule has 0 aliphatic rings. The van der Waals surface area contributed by atoms with Gasteiger partial charge in [0.2, 0.25) is 0 Å². The molecule has 0 heterocycles. The van der Waals surface area contributed by atoms with E-state index in [0.29, 0.717) is 0 Å². The molecule has 0 saturated carbocycles. The van der Waals surface area contributed by atoms with Crippen molar-refractivity contribution in [3.63, 3.8) is 0 Å². The minimum atomic E-state index is -1.41. The molecular weight excluding hydrogens is 163 g/mol. The van der Waals surface area contributed by atoms with Crippen LogP contribution in [0.3, 0.4) is 0 Å². The van der Waals surface area contributed by atoms with E-state index in [1.165, 1.54) is 6.92 Å². The molecule has 4 nitrogen and oxygen atoms in total. The molecule has 0 bridgehead atoms. The predicted molar refractivity (Wildman–Crippen MR) is 26.2 cm³/mol. The maximum Gasteiger partial charge on any atom is 1.00 e. The first-order chi connectivity index (χ1) is 4.09. The molecule has 0 N–H and O–H groups in total. The van der Waals surface area contributed by atoms with Gasteiger partial charge in [0.15, 0.2) is 0 Å². The summed E-state index contributed by atoms with van der Waals surface area (Å²) >= 11 is 0. The van der Waals surface area contributed by atoms with Gasteiger partial charge in [-0.25, -0.2) is 0 Å². The van der Waals surface area contributed by atoms with Crippen LogP contribution in [0.25, 0.3) is 0 Å². The zero-order chi connectivity index (χ0) is 7.44. The van der Waals surface area contributed by atoms with Gasteiger partial charge in [-0.05, 0) is 6.92 Å². The molecule has 1 atom stereocenters. The number of aliphatic carboxylic acids is 1. The minimum Gasteiger partial charge on any atom is -0.549 e. The first-order valence-corrected chi connectivity index (χ1v) is 2.38. The zero-order valence-electron chi connectivity index (χ0n) is 6.21. The van der Waals surface area contributed by atoms with E-state index in [2.05, 4.69) is 4.74 Å². The largest absolute Gasteiger partial charge is 1.00 e. The van der Waals surface area contributed by atoms with Crippen LogP contribution < -0.4 is 56.5 Å². The van der Waals surface area contributed by atoms with E-state index in [9.17, 15) is 14.7 Å². The molecule has 0 aromatic rings. The number of carbonyl (C=O) groups excluding carboxylic acids is 2. The number of carboxylic acid groups (broad SMARTS) is 1. The van der Waals surface area contributed by atoms with Crippen molar-refractivity contribution in [2.24, 2.45) is 5.92 Å². The monoisotopic (exact) mass is 170 g/mol. The van der Waals surface area contributed by atoms with E-state index in [4.69, 9.17) is 0 Å². The fourth-order valence-corrected chi connectivity index (χ4v) is 0.273. The molecule has 0 amide bonds. The van der Waals surface area contributed by atoms with Crippen LogP contribution in [-0.2, 0) is 14.3 Å². The van der Waals surface area contributed by atoms with Crippen molar-refractivity contribution in [2.75, 3.05) is 7.11 Å². The van der Waals surface area contributed by atoms with Crippen LogP contribution in [-0.4, -0.2) is 19.0 Å². The quantitative estimate of drug-likeness (QED) is 0.238. The summed E-state index contributed by atoms with van der Waals surface area (Å²) < 4.78 is 4.11. The Morgan fingerprint density at radius 1 is 1.50 bits per heavy atom. The molecule has 10 heavy (non-hydrogen) atoms. The van der Waals surface area contributed by atoms with Gasteiger partial charge in [-0.1, -0.05) is 0 Å². The van der Waals surface area contributed by atoms with Crippen LogP contribution in [0, 0.1) is 5.92 Å². The smallest absolute Gasteiger partial charge is 0.549 e. The SMILES string of the molecule is COC(=O)C(C)C(=O)[O-].[K+]. The molecule has 1 unspecified atom stereocenters. The summed E-state index contributed by atoms with van der Waals surface area (Å²) in [5, 5.41) is 9.89. The van der Waals surface area contributed by atoms with Crippen LogP contribution in [0.2, 0.25) is 0 Å². The molecule has 0 spiro atoms. The van der Waals surface area contributed by atoms with Gasteiger partial charge in [0.1, 0.15) is 0 Å². The third kappa shape index (κ3) is 4.40. The van der Waals surface area contributed by atoms with Crippen LogP contribution >= 0.6 is 0 Å². The van der Waals surface area contributed by atoms with E-state index in [1.54, 1.807) is 0 Å². The van der Waals surface area contributed by atoms with Gasteiger partial charge in [0.25, 0.3) is 0 Å². The van der Waals surface area contributed by atoms with E-state index in [-0.39, 0.29) is 51.4 Å². The summed E-state index contributed by atoms with van der Waals surface area (Å²) in [7, 11) is 1.13. The third-order valence-corrected chi connectivity index (χ3v) is 0.908. The second-order valence-corrected chi connectivity index (χ2v) is 1.56. The van der Waals surface area contributed by atoms with Gasteiger partial charge < -0.3 is 14.6 Å². The molecular formula is C5H7KO4. The molecule has 5 heteroatoms. The van der Waals surface area contributed by atoms with Crippen molar-refractivity contribution in [2.45, 2.75) is 6.92 Å². The second-order valence-electron chi connectivity index (χ2n) is 1.56. The number of carboxylic acids is 1. The zero-order valence-corrected chi connectivity index (χ0v) is 9.33. The van der Waals surface area contributed by atoms with Crippen LogP contribution in [0.1, 0.15) is 6.92 Å². The van der Waals surface area contributed by atoms with E-state index in [0.717, 1.165) is 7.11 Å². The van der Waals surface area contributed by atoms with Gasteiger partial charge >= 0.3 is 57.4 Å². The van der Waals surface area contributed by atoms with Crippen LogP contribution in [0.15, 0.2) is 0 Å². The Hall–Kier alpha value is 0.576. The number of rotatable bonds is 2. The Kier molecular flexibility index (Phi) is 8.30. The van der Waals surface area contributed by atoms with Gasteiger partial charge in [0, 0.05) is 0 Å². The first kappa shape index (κ1) is 13.2. The molecule has 0 aromatic heterocycles. The number of methoxy groups -OCH3 is 1. The maximum atomic E-state index is 10.3. The average molecular weight is 170 g/mol. The second kappa shape index (κ2) is 6.30. The number of esters is 1. The number of hydrogen-bond donors (Lipinski definition) is 0. The Balaban J connectivity index is 0. The molecule has 0 radical (unpaired) electrons. The molecule has 0 rings (SSSR count). The third-order valence-electron chi connectivity index (χ3n) is 0.908. The van der Waals surface area contributed by atoms with Crippen molar-refractivity contribution in [1.82, 2.24) is 0 Å². The molecule has 0 aliphatic heterocycles. The van der Waals surface area contributed by atoms with Crippen LogP contribution in [0.4, 0.5) is 0 Å². The van der Waals surface area contributed by atoms with Crippen molar-refractivity contribution in [3.8, 4) is 0 Å². The summed E-state index contributed by atoms with van der Waals surface area (Å²) in [6.07, 6.45) is 0. The Labute approximate surface area is 101 Å². The van der Waals surface area contributed by atoms with E-state index in [1.807, 2.05) is 0 Å². The van der Waals surface area contributed by atoms with Crippen molar-refractivity contribution in [1.29, 1.82) is 0 Å². The Bertz CT molecular complexity index is 134. The number of hydrogen-bond acceptors (Lipinski definition) is 4. The maximum absolute atomic E-state index is 10.3. The minimum absolute atomic E-state index is 0.